The average Bonchev–Trinajstić information content (AvgIpc) is 3.39. The van der Waals surface area contributed by atoms with Gasteiger partial charge in [0.1, 0.15) is 18.4 Å². The fraction of sp³-hybridized carbons (Fsp3) is 0.885. The topological polar surface area (TPSA) is 8.81 Å². The van der Waals surface area contributed by atoms with Gasteiger partial charge in [0.05, 0.1) is 6.54 Å². The molecule has 1 heterocycles. The van der Waals surface area contributed by atoms with E-state index in [1.54, 1.807) is 0 Å². The summed E-state index contributed by atoms with van der Waals surface area (Å²) in [6.45, 7) is 3.51. The third-order valence-electron chi connectivity index (χ3n) is 6.73. The van der Waals surface area contributed by atoms with Crippen LogP contribution >= 0.6 is 0 Å². The summed E-state index contributed by atoms with van der Waals surface area (Å²) in [7, 11) is 0. The van der Waals surface area contributed by atoms with Crippen molar-refractivity contribution in [3.8, 4) is 0 Å². The summed E-state index contributed by atoms with van der Waals surface area (Å²) in [6.07, 6.45) is 35.7. The summed E-state index contributed by atoms with van der Waals surface area (Å²) in [6, 6.07) is 0.784. The molecular weight excluding hydrogens is 420 g/mol. The van der Waals surface area contributed by atoms with Crippen molar-refractivity contribution in [3.63, 3.8) is 0 Å². The predicted molar refractivity (Wildman–Crippen MR) is 122 cm³/mol. The van der Waals surface area contributed by atoms with Crippen LogP contribution in [0, 0.1) is 0 Å². The molecule has 1 aromatic heterocycles. The highest BCUT2D eigenvalue weighted by atomic mass is 79.9. The van der Waals surface area contributed by atoms with Crippen molar-refractivity contribution >= 4 is 0 Å². The van der Waals surface area contributed by atoms with E-state index < -0.39 is 0 Å². The summed E-state index contributed by atoms with van der Waals surface area (Å²) in [4.78, 5) is 0. The van der Waals surface area contributed by atoms with Gasteiger partial charge in [-0.15, -0.1) is 0 Å². The van der Waals surface area contributed by atoms with Crippen molar-refractivity contribution in [2.75, 3.05) is 0 Å². The molecule has 170 valence electrons. The number of aryl methyl sites for hydroxylation is 1. The molecule has 2 rings (SSSR count). The molecule has 0 saturated heterocycles. The van der Waals surface area contributed by atoms with Crippen LogP contribution in [0.15, 0.2) is 18.7 Å². The minimum Gasteiger partial charge on any atom is -1.00 e. The number of aromatic nitrogens is 2. The van der Waals surface area contributed by atoms with Crippen LogP contribution < -0.4 is 21.5 Å². The Balaban J connectivity index is 0.00000420. The van der Waals surface area contributed by atoms with E-state index in [2.05, 4.69) is 34.8 Å². The van der Waals surface area contributed by atoms with E-state index in [1.165, 1.54) is 135 Å². The number of rotatable bonds is 18. The second kappa shape index (κ2) is 18.5. The van der Waals surface area contributed by atoms with Gasteiger partial charge in [0, 0.05) is 0 Å². The number of hydrogen-bond acceptors (Lipinski definition) is 0. The zero-order valence-electron chi connectivity index (χ0n) is 19.4. The molecule has 0 radical (unpaired) electrons. The zero-order valence-corrected chi connectivity index (χ0v) is 21.0. The lowest BCUT2D eigenvalue weighted by Gasteiger charge is -2.04. The van der Waals surface area contributed by atoms with Gasteiger partial charge in [0.25, 0.3) is 0 Å². The molecule has 0 atom stereocenters. The molecule has 1 fully saturated rings. The molecule has 0 aromatic carbocycles. The van der Waals surface area contributed by atoms with Crippen molar-refractivity contribution in [1.82, 2.24) is 4.57 Å². The normalized spacial score (nSPS) is 14.4. The Labute approximate surface area is 192 Å². The van der Waals surface area contributed by atoms with Gasteiger partial charge >= 0.3 is 0 Å². The van der Waals surface area contributed by atoms with E-state index in [0.717, 1.165) is 6.04 Å². The second-order valence-corrected chi connectivity index (χ2v) is 9.34. The van der Waals surface area contributed by atoms with Gasteiger partial charge in [0.15, 0.2) is 0 Å². The van der Waals surface area contributed by atoms with Crippen LogP contribution in [-0.2, 0) is 6.54 Å². The Bertz CT molecular complexity index is 465. The standard InChI is InChI=1S/C26H49N2.BrH/c1-2-3-4-5-6-7-8-9-10-11-12-13-14-15-16-19-22-27-23-24-28(25-27)26-20-17-18-21-26;/h23-26H,2-22H2,1H3;1H/q+1;/p-1. The van der Waals surface area contributed by atoms with Crippen LogP contribution in [0.3, 0.4) is 0 Å². The minimum atomic E-state index is 0. The Morgan fingerprint density at radius 2 is 1.14 bits per heavy atom. The molecule has 0 N–H and O–H groups in total. The molecule has 0 spiro atoms. The highest BCUT2D eigenvalue weighted by Crippen LogP contribution is 2.28. The number of nitrogens with zero attached hydrogens (tertiary/aromatic N) is 2. The number of halogens is 1. The van der Waals surface area contributed by atoms with Gasteiger partial charge in [-0.3, -0.25) is 0 Å². The third-order valence-corrected chi connectivity index (χ3v) is 6.73. The number of imidazole rings is 1. The molecule has 3 heteroatoms. The van der Waals surface area contributed by atoms with Crippen LogP contribution in [0.5, 0.6) is 0 Å². The van der Waals surface area contributed by atoms with Crippen LogP contribution in [-0.4, -0.2) is 4.57 Å². The average molecular weight is 470 g/mol. The molecular formula is C26H49BrN2. The quantitative estimate of drug-likeness (QED) is 0.208. The summed E-state index contributed by atoms with van der Waals surface area (Å²) in [5.41, 5.74) is 0. The van der Waals surface area contributed by atoms with Crippen molar-refractivity contribution in [2.45, 2.75) is 148 Å². The molecule has 1 aromatic rings. The Kier molecular flexibility index (Phi) is 17.0. The fourth-order valence-electron chi connectivity index (χ4n) is 4.80. The number of unbranched alkanes of at least 4 members (excludes halogenated alkanes) is 15. The lowest BCUT2D eigenvalue weighted by molar-refractivity contribution is -0.697. The maximum absolute atomic E-state index is 2.46. The SMILES string of the molecule is CCCCCCCCCCCCCCCCCC[n+]1ccn(C2CCCC2)c1.[Br-]. The van der Waals surface area contributed by atoms with Crippen molar-refractivity contribution in [3.05, 3.63) is 18.7 Å². The predicted octanol–water partition coefficient (Wildman–Crippen LogP) is 5.16. The lowest BCUT2D eigenvalue weighted by Crippen LogP contribution is -3.00. The van der Waals surface area contributed by atoms with Crippen LogP contribution in [0.1, 0.15) is 141 Å². The Hall–Kier alpha value is -0.310. The molecule has 0 amide bonds. The molecule has 29 heavy (non-hydrogen) atoms. The second-order valence-electron chi connectivity index (χ2n) is 9.34. The molecule has 0 unspecified atom stereocenters. The minimum absolute atomic E-state index is 0. The van der Waals surface area contributed by atoms with Crippen LogP contribution in [0.25, 0.3) is 0 Å². The smallest absolute Gasteiger partial charge is 0.243 e. The fourth-order valence-corrected chi connectivity index (χ4v) is 4.80. The number of hydrogen-bond donors (Lipinski definition) is 0. The first-order valence-electron chi connectivity index (χ1n) is 13.0. The zero-order chi connectivity index (χ0) is 19.7. The van der Waals surface area contributed by atoms with E-state index in [4.69, 9.17) is 0 Å². The van der Waals surface area contributed by atoms with Gasteiger partial charge in [-0.25, -0.2) is 9.13 Å². The van der Waals surface area contributed by atoms with E-state index in [-0.39, 0.29) is 17.0 Å². The molecule has 2 nitrogen and oxygen atoms in total. The Morgan fingerprint density at radius 1 is 0.690 bits per heavy atom. The first kappa shape index (κ1) is 26.7. The van der Waals surface area contributed by atoms with Crippen molar-refractivity contribution < 1.29 is 21.5 Å². The first-order chi connectivity index (χ1) is 13.9. The van der Waals surface area contributed by atoms with Gasteiger partial charge in [-0.05, 0) is 38.5 Å². The maximum atomic E-state index is 2.46. The van der Waals surface area contributed by atoms with E-state index >= 15 is 0 Å². The molecule has 1 aliphatic rings. The van der Waals surface area contributed by atoms with Gasteiger partial charge < -0.3 is 17.0 Å². The molecule has 1 aliphatic carbocycles. The lowest BCUT2D eigenvalue weighted by atomic mass is 10.0. The van der Waals surface area contributed by atoms with Crippen LogP contribution in [0.4, 0.5) is 0 Å². The van der Waals surface area contributed by atoms with Gasteiger partial charge in [-0.2, -0.15) is 0 Å². The molecule has 1 saturated carbocycles. The first-order valence-corrected chi connectivity index (χ1v) is 13.0. The summed E-state index contributed by atoms with van der Waals surface area (Å²) < 4.78 is 4.86. The largest absolute Gasteiger partial charge is 1.00 e. The Morgan fingerprint density at radius 3 is 1.62 bits per heavy atom. The maximum Gasteiger partial charge on any atom is 0.243 e. The van der Waals surface area contributed by atoms with Crippen molar-refractivity contribution in [2.24, 2.45) is 0 Å². The highest BCUT2D eigenvalue weighted by molar-refractivity contribution is 4.79. The van der Waals surface area contributed by atoms with Crippen LogP contribution in [0.2, 0.25) is 0 Å². The summed E-state index contributed by atoms with van der Waals surface area (Å²) in [5.74, 6) is 0. The highest BCUT2D eigenvalue weighted by Gasteiger charge is 2.21. The molecule has 0 bridgehead atoms. The molecule has 0 aliphatic heterocycles. The van der Waals surface area contributed by atoms with Gasteiger partial charge in [-0.1, -0.05) is 96.8 Å². The van der Waals surface area contributed by atoms with E-state index in [1.807, 2.05) is 0 Å². The van der Waals surface area contributed by atoms with E-state index in [9.17, 15) is 0 Å². The van der Waals surface area contributed by atoms with Gasteiger partial charge in [0.2, 0.25) is 6.33 Å². The monoisotopic (exact) mass is 468 g/mol. The van der Waals surface area contributed by atoms with E-state index in [0.29, 0.717) is 0 Å². The summed E-state index contributed by atoms with van der Waals surface area (Å²) >= 11 is 0. The summed E-state index contributed by atoms with van der Waals surface area (Å²) in [5, 5.41) is 0. The van der Waals surface area contributed by atoms with Crippen molar-refractivity contribution in [1.29, 1.82) is 0 Å². The third kappa shape index (κ3) is 12.9.